The molecule has 12 nitrogen and oxygen atoms in total. The molecule has 0 radical (unpaired) electrons. The van der Waals surface area contributed by atoms with Crippen LogP contribution in [0.1, 0.15) is 28.8 Å². The molecule has 0 unspecified atom stereocenters. The number of fused-ring (bicyclic) bond motifs is 1. The largest absolute Gasteiger partial charge is 0.481 e. The van der Waals surface area contributed by atoms with Gasteiger partial charge in [0, 0.05) is 36.8 Å². The van der Waals surface area contributed by atoms with Gasteiger partial charge in [0.2, 0.25) is 11.7 Å². The first kappa shape index (κ1) is 22.3. The van der Waals surface area contributed by atoms with E-state index in [4.69, 9.17) is 21.0 Å². The third-order valence-electron chi connectivity index (χ3n) is 4.78. The lowest BCUT2D eigenvalue weighted by Gasteiger charge is -2.19. The van der Waals surface area contributed by atoms with Crippen molar-refractivity contribution in [3.05, 3.63) is 41.7 Å². The number of aromatic nitrogens is 2. The van der Waals surface area contributed by atoms with Gasteiger partial charge in [0.15, 0.2) is 0 Å². The van der Waals surface area contributed by atoms with E-state index in [2.05, 4.69) is 15.3 Å². The predicted molar refractivity (Wildman–Crippen MR) is 115 cm³/mol. The monoisotopic (exact) mass is 442 g/mol. The highest BCUT2D eigenvalue weighted by atomic mass is 16.4. The SMILES string of the molecule is CN(Cc1coc2nc(N)nc(N)c12)c1ccc(C(=O)N[C@H](CCC(=O)O)C(=O)O)cc1. The second-order valence-electron chi connectivity index (χ2n) is 7.11. The molecule has 0 fully saturated rings. The van der Waals surface area contributed by atoms with Crippen molar-refractivity contribution in [2.45, 2.75) is 25.4 Å². The Balaban J connectivity index is 1.69. The topological polar surface area (TPSA) is 198 Å². The molecule has 32 heavy (non-hydrogen) atoms. The molecule has 0 spiro atoms. The fourth-order valence-electron chi connectivity index (χ4n) is 3.14. The van der Waals surface area contributed by atoms with E-state index in [1.165, 1.54) is 6.26 Å². The van der Waals surface area contributed by atoms with Crippen molar-refractivity contribution in [3.63, 3.8) is 0 Å². The number of rotatable bonds is 9. The zero-order valence-corrected chi connectivity index (χ0v) is 17.1. The van der Waals surface area contributed by atoms with Crippen LogP contribution in [0.15, 0.2) is 34.9 Å². The number of carboxylic acid groups (broad SMARTS) is 2. The first-order chi connectivity index (χ1) is 15.2. The Kier molecular flexibility index (Phi) is 6.42. The molecule has 0 aliphatic rings. The van der Waals surface area contributed by atoms with Crippen LogP contribution in [0.3, 0.4) is 0 Å². The van der Waals surface area contributed by atoms with Crippen LogP contribution in [-0.4, -0.2) is 51.1 Å². The zero-order valence-electron chi connectivity index (χ0n) is 17.1. The van der Waals surface area contributed by atoms with E-state index in [1.54, 1.807) is 24.3 Å². The van der Waals surface area contributed by atoms with Gasteiger partial charge in [-0.1, -0.05) is 0 Å². The van der Waals surface area contributed by atoms with Crippen LogP contribution < -0.4 is 21.7 Å². The number of nitrogens with two attached hydrogens (primary N) is 2. The fourth-order valence-corrected chi connectivity index (χ4v) is 3.14. The minimum Gasteiger partial charge on any atom is -0.481 e. The number of hydrogen-bond acceptors (Lipinski definition) is 9. The predicted octanol–water partition coefficient (Wildman–Crippen LogP) is 1.07. The van der Waals surface area contributed by atoms with Gasteiger partial charge >= 0.3 is 11.9 Å². The van der Waals surface area contributed by atoms with E-state index in [9.17, 15) is 19.5 Å². The second kappa shape index (κ2) is 9.20. The zero-order chi connectivity index (χ0) is 23.4. The first-order valence-corrected chi connectivity index (χ1v) is 9.51. The van der Waals surface area contributed by atoms with Crippen LogP contribution >= 0.6 is 0 Å². The van der Waals surface area contributed by atoms with E-state index < -0.39 is 23.9 Å². The maximum atomic E-state index is 12.4. The molecule has 0 saturated carbocycles. The number of carbonyl (C=O) groups is 3. The number of benzene rings is 1. The highest BCUT2D eigenvalue weighted by molar-refractivity contribution is 5.97. The van der Waals surface area contributed by atoms with E-state index in [0.717, 1.165) is 11.3 Å². The molecule has 0 bridgehead atoms. The Labute approximate surface area is 181 Å². The van der Waals surface area contributed by atoms with Crippen molar-refractivity contribution in [2.24, 2.45) is 0 Å². The molecule has 12 heteroatoms. The van der Waals surface area contributed by atoms with Gasteiger partial charge in [0.05, 0.1) is 11.6 Å². The lowest BCUT2D eigenvalue weighted by atomic mass is 10.1. The normalized spacial score (nSPS) is 11.8. The molecule has 168 valence electrons. The summed E-state index contributed by atoms with van der Waals surface area (Å²) in [7, 11) is 1.83. The minimum atomic E-state index is -1.30. The number of nitrogens with one attached hydrogen (secondary N) is 1. The molecule has 2 aromatic heterocycles. The second-order valence-corrected chi connectivity index (χ2v) is 7.11. The fraction of sp³-hybridized carbons (Fsp3) is 0.250. The smallest absolute Gasteiger partial charge is 0.326 e. The van der Waals surface area contributed by atoms with Crippen molar-refractivity contribution < 1.29 is 29.0 Å². The van der Waals surface area contributed by atoms with Gasteiger partial charge in [0.25, 0.3) is 5.91 Å². The van der Waals surface area contributed by atoms with Gasteiger partial charge in [-0.2, -0.15) is 9.97 Å². The first-order valence-electron chi connectivity index (χ1n) is 9.51. The number of hydrogen-bond donors (Lipinski definition) is 5. The van der Waals surface area contributed by atoms with Gasteiger partial charge in [-0.05, 0) is 30.7 Å². The van der Waals surface area contributed by atoms with Gasteiger partial charge in [0.1, 0.15) is 11.9 Å². The number of aliphatic carboxylic acids is 2. The Bertz CT molecular complexity index is 1160. The summed E-state index contributed by atoms with van der Waals surface area (Å²) in [5.41, 5.74) is 13.6. The van der Waals surface area contributed by atoms with E-state index in [1.807, 2.05) is 11.9 Å². The molecule has 3 rings (SSSR count). The van der Waals surface area contributed by atoms with Crippen LogP contribution in [0.25, 0.3) is 11.1 Å². The summed E-state index contributed by atoms with van der Waals surface area (Å²) in [5.74, 6) is -2.81. The summed E-state index contributed by atoms with van der Waals surface area (Å²) < 4.78 is 5.41. The van der Waals surface area contributed by atoms with Crippen LogP contribution in [0.2, 0.25) is 0 Å². The van der Waals surface area contributed by atoms with E-state index >= 15 is 0 Å². The number of furan rings is 1. The third-order valence-corrected chi connectivity index (χ3v) is 4.78. The number of anilines is 3. The molecule has 1 atom stereocenters. The number of carbonyl (C=O) groups excluding carboxylic acids is 1. The summed E-state index contributed by atoms with van der Waals surface area (Å²) in [4.78, 5) is 44.1. The molecule has 1 amide bonds. The van der Waals surface area contributed by atoms with Crippen LogP contribution in [-0.2, 0) is 16.1 Å². The van der Waals surface area contributed by atoms with Gasteiger partial charge in [-0.15, -0.1) is 0 Å². The quantitative estimate of drug-likeness (QED) is 0.317. The summed E-state index contributed by atoms with van der Waals surface area (Å²) in [6, 6.07) is 5.19. The van der Waals surface area contributed by atoms with E-state index in [-0.39, 0.29) is 30.2 Å². The Morgan fingerprint density at radius 1 is 1.16 bits per heavy atom. The molecular formula is C20H22N6O6. The van der Waals surface area contributed by atoms with Crippen molar-refractivity contribution in [2.75, 3.05) is 23.4 Å². The number of amides is 1. The molecule has 2 heterocycles. The molecule has 0 saturated heterocycles. The van der Waals surface area contributed by atoms with Crippen molar-refractivity contribution in [1.29, 1.82) is 0 Å². The summed E-state index contributed by atoms with van der Waals surface area (Å²) in [5, 5.41) is 20.8. The van der Waals surface area contributed by atoms with Gasteiger partial charge < -0.3 is 36.3 Å². The molecular weight excluding hydrogens is 420 g/mol. The Morgan fingerprint density at radius 2 is 1.84 bits per heavy atom. The summed E-state index contributed by atoms with van der Waals surface area (Å²) in [6.45, 7) is 0.409. The maximum absolute atomic E-state index is 12.4. The van der Waals surface area contributed by atoms with Crippen molar-refractivity contribution in [3.8, 4) is 0 Å². The lowest BCUT2D eigenvalue weighted by molar-refractivity contribution is -0.140. The molecule has 7 N–H and O–H groups in total. The molecule has 0 aliphatic carbocycles. The molecule has 1 aromatic carbocycles. The highest BCUT2D eigenvalue weighted by Gasteiger charge is 2.22. The summed E-state index contributed by atoms with van der Waals surface area (Å²) >= 11 is 0. The van der Waals surface area contributed by atoms with Crippen molar-refractivity contribution >= 4 is 46.4 Å². The average Bonchev–Trinajstić information content (AvgIpc) is 3.13. The third kappa shape index (κ3) is 5.03. The highest BCUT2D eigenvalue weighted by Crippen LogP contribution is 2.27. The van der Waals surface area contributed by atoms with Crippen LogP contribution in [0.5, 0.6) is 0 Å². The minimum absolute atomic E-state index is 0.0196. The van der Waals surface area contributed by atoms with Gasteiger partial charge in [-0.25, -0.2) is 4.79 Å². The average molecular weight is 442 g/mol. The molecule has 3 aromatic rings. The van der Waals surface area contributed by atoms with Crippen LogP contribution in [0.4, 0.5) is 17.5 Å². The maximum Gasteiger partial charge on any atom is 0.326 e. The van der Waals surface area contributed by atoms with Crippen molar-refractivity contribution in [1.82, 2.24) is 15.3 Å². The Hall–Kier alpha value is -4.35. The molecule has 0 aliphatic heterocycles. The standard InChI is InChI=1S/C20H22N6O6/c1-26(8-11-9-32-18-15(11)16(21)24-20(22)25-18)12-4-2-10(3-5-12)17(29)23-13(19(30)31)6-7-14(27)28/h2-5,9,13H,6-8H2,1H3,(H,23,29)(H,27,28)(H,30,31)(H4,21,22,24,25)/t13-/m1/s1. The number of nitrogens with zero attached hydrogens (tertiary/aromatic N) is 3. The van der Waals surface area contributed by atoms with Crippen LogP contribution in [0, 0.1) is 0 Å². The summed E-state index contributed by atoms with van der Waals surface area (Å²) in [6.07, 6.45) is 0.941. The van der Waals surface area contributed by atoms with E-state index in [0.29, 0.717) is 17.6 Å². The van der Waals surface area contributed by atoms with Gasteiger partial charge in [-0.3, -0.25) is 9.59 Å². The lowest BCUT2D eigenvalue weighted by Crippen LogP contribution is -2.41. The number of carboxylic acids is 2. The Morgan fingerprint density at radius 3 is 2.47 bits per heavy atom. The number of nitrogen functional groups attached to an aromatic ring is 2.